The Labute approximate surface area is 101 Å². The van der Waals surface area contributed by atoms with E-state index >= 15 is 0 Å². The van der Waals surface area contributed by atoms with E-state index in [1.165, 1.54) is 32.4 Å². The lowest BCUT2D eigenvalue weighted by Crippen LogP contribution is -2.38. The van der Waals surface area contributed by atoms with Crippen LogP contribution in [0.1, 0.15) is 53.4 Å². The maximum absolute atomic E-state index is 10.0. The van der Waals surface area contributed by atoms with Crippen LogP contribution in [0, 0.1) is 11.3 Å². The van der Waals surface area contributed by atoms with E-state index in [0.717, 1.165) is 18.9 Å². The van der Waals surface area contributed by atoms with Gasteiger partial charge in [0.05, 0.1) is 6.10 Å². The lowest BCUT2D eigenvalue weighted by Gasteiger charge is -2.34. The first-order chi connectivity index (χ1) is 7.43. The number of nitrogens with zero attached hydrogens (tertiary/aromatic N) is 1. The Bertz CT molecular complexity index is 197. The van der Waals surface area contributed by atoms with Crippen molar-refractivity contribution in [3.63, 3.8) is 0 Å². The number of hydrogen-bond donors (Lipinski definition) is 1. The lowest BCUT2D eigenvalue weighted by atomic mass is 9.87. The first-order valence-corrected chi connectivity index (χ1v) is 6.84. The minimum atomic E-state index is -0.172. The molecule has 1 saturated heterocycles. The molecule has 16 heavy (non-hydrogen) atoms. The standard InChI is InChI=1S/C14H29NO/c1-5-12-7-6-9-15(11-12)10-8-13(16)14(2,3)4/h12-13,16H,5-11H2,1-4H3. The Morgan fingerprint density at radius 1 is 1.38 bits per heavy atom. The Morgan fingerprint density at radius 3 is 2.62 bits per heavy atom. The van der Waals surface area contributed by atoms with Gasteiger partial charge in [0.25, 0.3) is 0 Å². The fourth-order valence-electron chi connectivity index (χ4n) is 2.43. The van der Waals surface area contributed by atoms with Crippen molar-refractivity contribution in [2.24, 2.45) is 11.3 Å². The fraction of sp³-hybridized carbons (Fsp3) is 1.00. The van der Waals surface area contributed by atoms with Gasteiger partial charge in [0.1, 0.15) is 0 Å². The molecule has 2 heteroatoms. The highest BCUT2D eigenvalue weighted by Gasteiger charge is 2.24. The van der Waals surface area contributed by atoms with Gasteiger partial charge in [-0.05, 0) is 37.1 Å². The van der Waals surface area contributed by atoms with Crippen LogP contribution < -0.4 is 0 Å². The van der Waals surface area contributed by atoms with Crippen molar-refractivity contribution >= 4 is 0 Å². The molecule has 0 bridgehead atoms. The van der Waals surface area contributed by atoms with Crippen LogP contribution in [0.3, 0.4) is 0 Å². The zero-order chi connectivity index (χ0) is 12.2. The summed E-state index contributed by atoms with van der Waals surface area (Å²) in [4.78, 5) is 2.53. The van der Waals surface area contributed by atoms with Crippen LogP contribution in [0.15, 0.2) is 0 Å². The Hall–Kier alpha value is -0.0800. The molecule has 0 aliphatic carbocycles. The second-order valence-corrected chi connectivity index (χ2v) is 6.39. The van der Waals surface area contributed by atoms with Crippen LogP contribution in [-0.4, -0.2) is 35.7 Å². The summed E-state index contributed by atoms with van der Waals surface area (Å²) in [6.07, 6.45) is 4.78. The van der Waals surface area contributed by atoms with E-state index in [-0.39, 0.29) is 11.5 Å². The minimum Gasteiger partial charge on any atom is -0.393 e. The average molecular weight is 227 g/mol. The maximum atomic E-state index is 10.0. The van der Waals surface area contributed by atoms with Crippen molar-refractivity contribution in [1.29, 1.82) is 0 Å². The molecule has 1 aliphatic rings. The van der Waals surface area contributed by atoms with Crippen molar-refractivity contribution in [3.05, 3.63) is 0 Å². The molecule has 0 radical (unpaired) electrons. The summed E-state index contributed by atoms with van der Waals surface area (Å²) in [5.41, 5.74) is 0.0277. The van der Waals surface area contributed by atoms with Crippen LogP contribution in [0.2, 0.25) is 0 Å². The third-order valence-electron chi connectivity index (χ3n) is 3.90. The maximum Gasteiger partial charge on any atom is 0.0600 e. The molecule has 1 rings (SSSR count). The number of likely N-dealkylation sites (tertiary alicyclic amines) is 1. The van der Waals surface area contributed by atoms with Crippen LogP contribution in [0.5, 0.6) is 0 Å². The predicted molar refractivity (Wildman–Crippen MR) is 69.5 cm³/mol. The van der Waals surface area contributed by atoms with Gasteiger partial charge in [-0.2, -0.15) is 0 Å². The van der Waals surface area contributed by atoms with Crippen molar-refractivity contribution in [1.82, 2.24) is 4.90 Å². The third kappa shape index (κ3) is 4.42. The molecule has 1 heterocycles. The molecule has 96 valence electrons. The SMILES string of the molecule is CCC1CCCN(CCC(O)C(C)(C)C)C1. The van der Waals surface area contributed by atoms with E-state index in [0.29, 0.717) is 0 Å². The monoisotopic (exact) mass is 227 g/mol. The van der Waals surface area contributed by atoms with E-state index in [1.807, 2.05) is 0 Å². The second kappa shape index (κ2) is 6.02. The van der Waals surface area contributed by atoms with Gasteiger partial charge >= 0.3 is 0 Å². The van der Waals surface area contributed by atoms with E-state index < -0.39 is 0 Å². The van der Waals surface area contributed by atoms with Gasteiger partial charge in [-0.1, -0.05) is 34.1 Å². The van der Waals surface area contributed by atoms with E-state index in [9.17, 15) is 5.11 Å². The number of piperidine rings is 1. The largest absolute Gasteiger partial charge is 0.393 e. The summed E-state index contributed by atoms with van der Waals surface area (Å²) in [6.45, 7) is 12.2. The molecule has 0 amide bonds. The van der Waals surface area contributed by atoms with Crippen molar-refractivity contribution in [2.45, 2.75) is 59.5 Å². The van der Waals surface area contributed by atoms with Gasteiger partial charge in [-0.25, -0.2) is 0 Å². The minimum absolute atomic E-state index is 0.0277. The normalized spacial score (nSPS) is 25.7. The Morgan fingerprint density at radius 2 is 2.06 bits per heavy atom. The molecule has 2 unspecified atom stereocenters. The molecule has 2 atom stereocenters. The number of rotatable bonds is 4. The molecule has 1 aliphatic heterocycles. The van der Waals surface area contributed by atoms with Crippen LogP contribution in [0.4, 0.5) is 0 Å². The highest BCUT2D eigenvalue weighted by Crippen LogP contribution is 2.23. The summed E-state index contributed by atoms with van der Waals surface area (Å²) < 4.78 is 0. The van der Waals surface area contributed by atoms with Crippen LogP contribution in [0.25, 0.3) is 0 Å². The van der Waals surface area contributed by atoms with Gasteiger partial charge in [-0.3, -0.25) is 0 Å². The molecular formula is C14H29NO. The van der Waals surface area contributed by atoms with Gasteiger partial charge in [-0.15, -0.1) is 0 Å². The van der Waals surface area contributed by atoms with E-state index in [1.54, 1.807) is 0 Å². The van der Waals surface area contributed by atoms with E-state index in [4.69, 9.17) is 0 Å². The number of aliphatic hydroxyl groups excluding tert-OH is 1. The van der Waals surface area contributed by atoms with Crippen molar-refractivity contribution in [2.75, 3.05) is 19.6 Å². The smallest absolute Gasteiger partial charge is 0.0600 e. The first-order valence-electron chi connectivity index (χ1n) is 6.84. The fourth-order valence-corrected chi connectivity index (χ4v) is 2.43. The van der Waals surface area contributed by atoms with Gasteiger partial charge in [0, 0.05) is 13.1 Å². The highest BCUT2D eigenvalue weighted by molar-refractivity contribution is 4.77. The zero-order valence-electron chi connectivity index (χ0n) is 11.5. The molecule has 1 N–H and O–H groups in total. The lowest BCUT2D eigenvalue weighted by molar-refractivity contribution is 0.0403. The molecule has 2 nitrogen and oxygen atoms in total. The Kier molecular flexibility index (Phi) is 5.26. The van der Waals surface area contributed by atoms with Crippen LogP contribution >= 0.6 is 0 Å². The van der Waals surface area contributed by atoms with E-state index in [2.05, 4.69) is 32.6 Å². The molecule has 0 aromatic rings. The molecular weight excluding hydrogens is 198 g/mol. The number of hydrogen-bond acceptors (Lipinski definition) is 2. The first kappa shape index (κ1) is 14.0. The summed E-state index contributed by atoms with van der Waals surface area (Å²) >= 11 is 0. The number of aliphatic hydroxyl groups is 1. The molecule has 0 aromatic carbocycles. The quantitative estimate of drug-likeness (QED) is 0.798. The summed E-state index contributed by atoms with van der Waals surface area (Å²) in [6, 6.07) is 0. The predicted octanol–water partition coefficient (Wildman–Crippen LogP) is 2.91. The summed E-state index contributed by atoms with van der Waals surface area (Å²) in [5.74, 6) is 0.889. The van der Waals surface area contributed by atoms with Gasteiger partial charge in [0.2, 0.25) is 0 Å². The average Bonchev–Trinajstić information content (AvgIpc) is 2.25. The topological polar surface area (TPSA) is 23.5 Å². The Balaban J connectivity index is 2.27. The van der Waals surface area contributed by atoms with Crippen molar-refractivity contribution in [3.8, 4) is 0 Å². The van der Waals surface area contributed by atoms with Crippen LogP contribution in [-0.2, 0) is 0 Å². The highest BCUT2D eigenvalue weighted by atomic mass is 16.3. The molecule has 0 saturated carbocycles. The van der Waals surface area contributed by atoms with Gasteiger partial charge in [0.15, 0.2) is 0 Å². The summed E-state index contributed by atoms with van der Waals surface area (Å²) in [5, 5.41) is 10.0. The third-order valence-corrected chi connectivity index (χ3v) is 3.90. The summed E-state index contributed by atoms with van der Waals surface area (Å²) in [7, 11) is 0. The zero-order valence-corrected chi connectivity index (χ0v) is 11.5. The second-order valence-electron chi connectivity index (χ2n) is 6.39. The molecule has 0 spiro atoms. The molecule has 1 fully saturated rings. The molecule has 0 aromatic heterocycles. The van der Waals surface area contributed by atoms with Gasteiger partial charge < -0.3 is 10.0 Å². The van der Waals surface area contributed by atoms with Crippen molar-refractivity contribution < 1.29 is 5.11 Å².